The van der Waals surface area contributed by atoms with Crippen molar-refractivity contribution in [1.29, 1.82) is 0 Å². The normalized spacial score (nSPS) is 21.3. The molecule has 104 valence electrons. The van der Waals surface area contributed by atoms with Gasteiger partial charge in [-0.15, -0.1) is 0 Å². The summed E-state index contributed by atoms with van der Waals surface area (Å²) >= 11 is 0. The lowest BCUT2D eigenvalue weighted by atomic mass is 10.1. The van der Waals surface area contributed by atoms with E-state index in [1.165, 1.54) is 5.56 Å². The van der Waals surface area contributed by atoms with Crippen LogP contribution in [0.1, 0.15) is 38.2 Å². The van der Waals surface area contributed by atoms with E-state index in [1.807, 2.05) is 12.1 Å². The number of amides is 1. The molecule has 0 heterocycles. The number of benzene rings is 1. The molecule has 1 fully saturated rings. The highest BCUT2D eigenvalue weighted by molar-refractivity contribution is 5.82. The first-order chi connectivity index (χ1) is 9.11. The minimum atomic E-state index is 0.167. The first kappa shape index (κ1) is 13.9. The summed E-state index contributed by atoms with van der Waals surface area (Å²) in [6.45, 7) is 5.13. The van der Waals surface area contributed by atoms with Crippen molar-refractivity contribution < 1.29 is 9.53 Å². The molecule has 2 unspecified atom stereocenters. The molecule has 1 aliphatic carbocycles. The molecule has 1 N–H and O–H groups in total. The monoisotopic (exact) mass is 261 g/mol. The van der Waals surface area contributed by atoms with Gasteiger partial charge < -0.3 is 10.1 Å². The molecule has 1 aliphatic rings. The molecule has 0 spiro atoms. The summed E-state index contributed by atoms with van der Waals surface area (Å²) in [4.78, 5) is 12.0. The van der Waals surface area contributed by atoms with Crippen LogP contribution in [0.5, 0.6) is 5.75 Å². The molecule has 19 heavy (non-hydrogen) atoms. The van der Waals surface area contributed by atoms with Crippen LogP contribution in [0.15, 0.2) is 24.3 Å². The van der Waals surface area contributed by atoms with Crippen molar-refractivity contribution in [2.75, 3.05) is 13.7 Å². The summed E-state index contributed by atoms with van der Waals surface area (Å²) in [5.41, 5.74) is 1.24. The Labute approximate surface area is 115 Å². The summed E-state index contributed by atoms with van der Waals surface area (Å²) < 4.78 is 5.14. The van der Waals surface area contributed by atoms with E-state index in [4.69, 9.17) is 4.74 Å². The number of nitrogens with one attached hydrogen (secondary N) is 1. The minimum absolute atomic E-state index is 0.167. The minimum Gasteiger partial charge on any atom is -0.497 e. The number of hydrogen-bond donors (Lipinski definition) is 1. The fourth-order valence-electron chi connectivity index (χ4n) is 2.32. The number of carbonyl (C=O) groups excluding carboxylic acids is 1. The standard InChI is InChI=1S/C16H23NO2/c1-11(2)8-9-17-16(18)15-10-14(15)12-4-6-13(19-3)7-5-12/h4-7,11,14-15H,8-10H2,1-3H3,(H,17,18). The summed E-state index contributed by atoms with van der Waals surface area (Å²) in [5.74, 6) is 2.27. The van der Waals surface area contributed by atoms with Crippen LogP contribution < -0.4 is 10.1 Å². The first-order valence-corrected chi connectivity index (χ1v) is 7.03. The van der Waals surface area contributed by atoms with E-state index >= 15 is 0 Å². The van der Waals surface area contributed by atoms with Crippen LogP contribution in [0.4, 0.5) is 0 Å². The molecule has 0 bridgehead atoms. The molecule has 2 atom stereocenters. The largest absolute Gasteiger partial charge is 0.497 e. The maximum Gasteiger partial charge on any atom is 0.223 e. The first-order valence-electron chi connectivity index (χ1n) is 7.03. The van der Waals surface area contributed by atoms with Crippen LogP contribution in [0.2, 0.25) is 0 Å². The molecular weight excluding hydrogens is 238 g/mol. The van der Waals surface area contributed by atoms with E-state index in [-0.39, 0.29) is 11.8 Å². The van der Waals surface area contributed by atoms with E-state index < -0.39 is 0 Å². The maximum atomic E-state index is 12.0. The molecule has 2 rings (SSSR count). The van der Waals surface area contributed by atoms with Crippen molar-refractivity contribution in [3.05, 3.63) is 29.8 Å². The van der Waals surface area contributed by atoms with Crippen LogP contribution in [-0.4, -0.2) is 19.6 Å². The molecule has 0 aromatic heterocycles. The van der Waals surface area contributed by atoms with Gasteiger partial charge in [-0.2, -0.15) is 0 Å². The van der Waals surface area contributed by atoms with Gasteiger partial charge in [-0.25, -0.2) is 0 Å². The second-order valence-corrected chi connectivity index (χ2v) is 5.70. The highest BCUT2D eigenvalue weighted by Gasteiger charge is 2.43. The molecule has 1 aromatic carbocycles. The smallest absolute Gasteiger partial charge is 0.223 e. The predicted octanol–water partition coefficient (Wildman–Crippen LogP) is 2.96. The van der Waals surface area contributed by atoms with Crippen molar-refractivity contribution in [3.8, 4) is 5.75 Å². The van der Waals surface area contributed by atoms with Gasteiger partial charge in [-0.05, 0) is 42.4 Å². The third-order valence-corrected chi connectivity index (χ3v) is 3.69. The van der Waals surface area contributed by atoms with Crippen molar-refractivity contribution >= 4 is 5.91 Å². The van der Waals surface area contributed by atoms with Gasteiger partial charge in [-0.3, -0.25) is 4.79 Å². The van der Waals surface area contributed by atoms with Crippen LogP contribution in [0.3, 0.4) is 0 Å². The Morgan fingerprint density at radius 2 is 2.05 bits per heavy atom. The van der Waals surface area contributed by atoms with Gasteiger partial charge in [0.25, 0.3) is 0 Å². The van der Waals surface area contributed by atoms with Gasteiger partial charge in [0.1, 0.15) is 5.75 Å². The number of methoxy groups -OCH3 is 1. The third-order valence-electron chi connectivity index (χ3n) is 3.69. The molecule has 1 aromatic rings. The molecule has 3 nitrogen and oxygen atoms in total. The number of rotatable bonds is 6. The molecule has 3 heteroatoms. The van der Waals surface area contributed by atoms with Crippen LogP contribution >= 0.6 is 0 Å². The second-order valence-electron chi connectivity index (χ2n) is 5.70. The third kappa shape index (κ3) is 3.72. The topological polar surface area (TPSA) is 38.3 Å². The van der Waals surface area contributed by atoms with Crippen molar-refractivity contribution in [1.82, 2.24) is 5.32 Å². The highest BCUT2D eigenvalue weighted by Crippen LogP contribution is 2.47. The van der Waals surface area contributed by atoms with Gasteiger partial charge in [0.05, 0.1) is 7.11 Å². The van der Waals surface area contributed by atoms with E-state index in [9.17, 15) is 4.79 Å². The van der Waals surface area contributed by atoms with Crippen molar-refractivity contribution in [2.45, 2.75) is 32.6 Å². The Morgan fingerprint density at radius 1 is 1.37 bits per heavy atom. The predicted molar refractivity (Wildman–Crippen MR) is 76.3 cm³/mol. The van der Waals surface area contributed by atoms with Crippen molar-refractivity contribution in [3.63, 3.8) is 0 Å². The van der Waals surface area contributed by atoms with Crippen molar-refractivity contribution in [2.24, 2.45) is 11.8 Å². The molecule has 1 saturated carbocycles. The maximum absolute atomic E-state index is 12.0. The molecule has 0 radical (unpaired) electrons. The summed E-state index contributed by atoms with van der Waals surface area (Å²) in [5, 5.41) is 3.03. The lowest BCUT2D eigenvalue weighted by molar-refractivity contribution is -0.122. The average Bonchev–Trinajstić information content (AvgIpc) is 3.18. The Hall–Kier alpha value is -1.51. The van der Waals surface area contributed by atoms with Gasteiger partial charge >= 0.3 is 0 Å². The Bertz CT molecular complexity index is 425. The van der Waals surface area contributed by atoms with E-state index in [1.54, 1.807) is 7.11 Å². The number of ether oxygens (including phenoxy) is 1. The number of carbonyl (C=O) groups is 1. The van der Waals surface area contributed by atoms with E-state index in [0.29, 0.717) is 11.8 Å². The van der Waals surface area contributed by atoms with Crippen LogP contribution in [-0.2, 0) is 4.79 Å². The summed E-state index contributed by atoms with van der Waals surface area (Å²) in [6.07, 6.45) is 2.02. The fourth-order valence-corrected chi connectivity index (χ4v) is 2.32. The molecule has 0 saturated heterocycles. The summed E-state index contributed by atoms with van der Waals surface area (Å²) in [7, 11) is 1.66. The zero-order valence-electron chi connectivity index (χ0n) is 12.0. The summed E-state index contributed by atoms with van der Waals surface area (Å²) in [6, 6.07) is 8.04. The van der Waals surface area contributed by atoms with Crippen LogP contribution in [0.25, 0.3) is 0 Å². The zero-order chi connectivity index (χ0) is 13.8. The molecular formula is C16H23NO2. The van der Waals surface area contributed by atoms with E-state index in [2.05, 4.69) is 31.3 Å². The second kappa shape index (κ2) is 6.09. The number of hydrogen-bond acceptors (Lipinski definition) is 2. The van der Waals surface area contributed by atoms with Gasteiger partial charge in [-0.1, -0.05) is 26.0 Å². The van der Waals surface area contributed by atoms with E-state index in [0.717, 1.165) is 25.1 Å². The van der Waals surface area contributed by atoms with Gasteiger partial charge in [0, 0.05) is 12.5 Å². The molecule has 0 aliphatic heterocycles. The average molecular weight is 261 g/mol. The lowest BCUT2D eigenvalue weighted by Gasteiger charge is -2.07. The zero-order valence-corrected chi connectivity index (χ0v) is 12.0. The SMILES string of the molecule is COc1ccc(C2CC2C(=O)NCCC(C)C)cc1. The quantitative estimate of drug-likeness (QED) is 0.855. The molecule has 1 amide bonds. The van der Waals surface area contributed by atoms with Gasteiger partial charge in [0.15, 0.2) is 0 Å². The Kier molecular flexibility index (Phi) is 4.46. The fraction of sp³-hybridized carbons (Fsp3) is 0.562. The van der Waals surface area contributed by atoms with Gasteiger partial charge in [0.2, 0.25) is 5.91 Å². The Morgan fingerprint density at radius 3 is 2.63 bits per heavy atom. The van der Waals surface area contributed by atoms with Crippen LogP contribution in [0, 0.1) is 11.8 Å². The highest BCUT2D eigenvalue weighted by atomic mass is 16.5. The Balaban J connectivity index is 1.81. The lowest BCUT2D eigenvalue weighted by Crippen LogP contribution is -2.27.